The molecule has 4 heterocycles. The van der Waals surface area contributed by atoms with Crippen LogP contribution in [0.3, 0.4) is 0 Å². The van der Waals surface area contributed by atoms with Gasteiger partial charge in [0.2, 0.25) is 0 Å². The summed E-state index contributed by atoms with van der Waals surface area (Å²) >= 11 is 3.69. The van der Waals surface area contributed by atoms with Gasteiger partial charge in [0.1, 0.15) is 28.8 Å². The second-order valence-corrected chi connectivity index (χ2v) is 29.1. The number of hydrogen-bond acceptors (Lipinski definition) is 9. The van der Waals surface area contributed by atoms with Gasteiger partial charge in [-0.15, -0.1) is 22.7 Å². The van der Waals surface area contributed by atoms with Crippen molar-refractivity contribution in [3.63, 3.8) is 0 Å². The topological polar surface area (TPSA) is 56.3 Å². The Morgan fingerprint density at radius 2 is 0.735 bits per heavy atom. The van der Waals surface area contributed by atoms with E-state index in [4.69, 9.17) is 23.9 Å². The van der Waals surface area contributed by atoms with E-state index in [-0.39, 0.29) is 0 Å². The average Bonchev–Trinajstić information content (AvgIpc) is 1.66. The summed E-state index contributed by atoms with van der Waals surface area (Å²) in [5.41, 5.74) is 15.3. The molecule has 0 saturated heterocycles. The van der Waals surface area contributed by atoms with Crippen molar-refractivity contribution in [1.82, 2.24) is 4.98 Å². The van der Waals surface area contributed by atoms with Crippen molar-refractivity contribution in [2.45, 2.75) is 202 Å². The van der Waals surface area contributed by atoms with Crippen molar-refractivity contribution < 1.29 is 18.9 Å². The first-order chi connectivity index (χ1) is 48.2. The van der Waals surface area contributed by atoms with E-state index in [0.717, 1.165) is 127 Å². The summed E-state index contributed by atoms with van der Waals surface area (Å²) in [6, 6.07) is 62.5. The normalized spacial score (nSPS) is 11.9. The average molecular weight is 1350 g/mol. The Bertz CT molecular complexity index is 3720. The summed E-state index contributed by atoms with van der Waals surface area (Å²) in [6.07, 6.45) is 36.4. The van der Waals surface area contributed by atoms with E-state index in [1.54, 1.807) is 0 Å². The summed E-state index contributed by atoms with van der Waals surface area (Å²) in [5.74, 6) is 4.59. The standard InChI is InChI=1S/C89H109N3O4S2/c1-7-11-15-19-23-27-57-93-75-43-35-71(36-44-75)81(72-37-45-76(46-38-72)94-58-28-24-20-16-12-8-2)62-79-51-53-87(97-79)83-64-85-86(92(89-61-69(6)55-56-90-89)67-91(85)66-70-33-31-68(5)32-34-70)65-84(83)88-54-52-80(98-88)63-82(73-39-47-77(48-40-73)95-59-29-25-21-17-13-9-3)74-41-49-78(50-42-74)96-60-30-26-22-18-14-10-4/h31-56,61-65H,7-30,57-60,66-67H2,1-6H3. The molecule has 98 heavy (non-hydrogen) atoms. The zero-order valence-electron chi connectivity index (χ0n) is 59.9. The second-order valence-electron chi connectivity index (χ2n) is 26.9. The minimum Gasteiger partial charge on any atom is -0.494 e. The molecule has 0 radical (unpaired) electrons. The molecule has 0 saturated carbocycles. The van der Waals surface area contributed by atoms with Gasteiger partial charge in [-0.3, -0.25) is 0 Å². The van der Waals surface area contributed by atoms with Gasteiger partial charge in [-0.25, -0.2) is 4.98 Å². The second kappa shape index (κ2) is 39.7. The number of benzene rings is 6. The lowest BCUT2D eigenvalue weighted by Crippen LogP contribution is -2.27. The van der Waals surface area contributed by atoms with Crippen LogP contribution in [-0.2, 0) is 6.54 Å². The van der Waals surface area contributed by atoms with E-state index < -0.39 is 0 Å². The number of unbranched alkanes of at least 4 members (excludes halogenated alkanes) is 20. The van der Waals surface area contributed by atoms with Crippen molar-refractivity contribution in [2.75, 3.05) is 42.9 Å². The highest BCUT2D eigenvalue weighted by atomic mass is 32.1. The first kappa shape index (κ1) is 72.9. The number of aryl methyl sites for hydroxylation is 2. The molecule has 0 unspecified atom stereocenters. The highest BCUT2D eigenvalue weighted by Gasteiger charge is 2.31. The lowest BCUT2D eigenvalue weighted by Gasteiger charge is -2.21. The molecule has 10 rings (SSSR count). The Balaban J connectivity index is 1.02. The smallest absolute Gasteiger partial charge is 0.134 e. The number of anilines is 3. The summed E-state index contributed by atoms with van der Waals surface area (Å²) < 4.78 is 25.3. The molecule has 6 aromatic carbocycles. The van der Waals surface area contributed by atoms with Crippen LogP contribution in [0.15, 0.2) is 176 Å². The van der Waals surface area contributed by atoms with Gasteiger partial charge in [-0.05, 0) is 193 Å². The summed E-state index contributed by atoms with van der Waals surface area (Å²) in [4.78, 5) is 14.7. The maximum Gasteiger partial charge on any atom is 0.134 e. The largest absolute Gasteiger partial charge is 0.494 e. The zero-order valence-corrected chi connectivity index (χ0v) is 61.5. The number of ether oxygens (including phenoxy) is 4. The molecule has 1 aliphatic heterocycles. The Hall–Kier alpha value is -7.85. The van der Waals surface area contributed by atoms with Gasteiger partial charge in [-0.2, -0.15) is 0 Å². The van der Waals surface area contributed by atoms with Gasteiger partial charge in [0.25, 0.3) is 0 Å². The van der Waals surface area contributed by atoms with Crippen LogP contribution in [0.4, 0.5) is 17.2 Å². The lowest BCUT2D eigenvalue weighted by molar-refractivity contribution is 0.304. The molecule has 7 nitrogen and oxygen atoms in total. The van der Waals surface area contributed by atoms with E-state index in [0.29, 0.717) is 6.67 Å². The maximum absolute atomic E-state index is 6.34. The van der Waals surface area contributed by atoms with Gasteiger partial charge >= 0.3 is 0 Å². The Morgan fingerprint density at radius 1 is 0.378 bits per heavy atom. The van der Waals surface area contributed by atoms with Crippen LogP contribution >= 0.6 is 22.7 Å². The molecule has 0 bridgehead atoms. The van der Waals surface area contributed by atoms with E-state index >= 15 is 0 Å². The van der Waals surface area contributed by atoms with Crippen LogP contribution in [0.2, 0.25) is 0 Å². The van der Waals surface area contributed by atoms with Crippen LogP contribution in [0.5, 0.6) is 23.0 Å². The number of rotatable bonds is 43. The van der Waals surface area contributed by atoms with Gasteiger partial charge in [0.15, 0.2) is 0 Å². The highest BCUT2D eigenvalue weighted by molar-refractivity contribution is 7.17. The number of thiophene rings is 2. The van der Waals surface area contributed by atoms with Crippen LogP contribution in [0.25, 0.3) is 44.2 Å². The molecule has 0 atom stereocenters. The summed E-state index contributed by atoms with van der Waals surface area (Å²) in [5, 5.41) is 0. The molecular weight excluding hydrogens is 1240 g/mol. The van der Waals surface area contributed by atoms with E-state index in [1.165, 1.54) is 181 Å². The molecule has 0 spiro atoms. The third kappa shape index (κ3) is 22.1. The molecule has 0 amide bonds. The molecule has 0 aliphatic carbocycles. The SMILES string of the molecule is CCCCCCCCOc1ccc(C(=Cc2ccc(-c3cc4c(cc3-c3ccc(C=C(c5ccc(OCCCCCCCC)cc5)c5ccc(OCCCCCCCC)cc5)s3)N(c3cc(C)ccn3)CN4Cc3ccc(C)cc3)s2)c2ccc(OCCCCCCCC)cc2)cc1. The number of fused-ring (bicyclic) bond motifs is 1. The fourth-order valence-corrected chi connectivity index (χ4v) is 15.0. The van der Waals surface area contributed by atoms with Gasteiger partial charge < -0.3 is 28.7 Å². The minimum absolute atomic E-state index is 0.670. The third-order valence-corrected chi connectivity index (χ3v) is 20.9. The third-order valence-electron chi connectivity index (χ3n) is 18.8. The van der Waals surface area contributed by atoms with E-state index in [2.05, 4.69) is 233 Å². The molecule has 1 aliphatic rings. The number of hydrogen-bond donors (Lipinski definition) is 0. The summed E-state index contributed by atoms with van der Waals surface area (Å²) in [7, 11) is 0. The number of aromatic nitrogens is 1. The molecule has 0 N–H and O–H groups in total. The molecule has 3 aromatic heterocycles. The quantitative estimate of drug-likeness (QED) is 0.0353. The number of pyridine rings is 1. The predicted octanol–water partition coefficient (Wildman–Crippen LogP) is 26.4. The predicted molar refractivity (Wildman–Crippen MR) is 422 cm³/mol. The van der Waals surface area contributed by atoms with Crippen molar-refractivity contribution in [3.8, 4) is 43.9 Å². The first-order valence-electron chi connectivity index (χ1n) is 37.5. The Kier molecular flexibility index (Phi) is 29.5. The monoisotopic (exact) mass is 1350 g/mol. The van der Waals surface area contributed by atoms with Crippen LogP contribution in [0.1, 0.15) is 230 Å². The van der Waals surface area contributed by atoms with Gasteiger partial charge in [0.05, 0.1) is 44.5 Å². The van der Waals surface area contributed by atoms with Crippen LogP contribution < -0.4 is 28.7 Å². The molecule has 516 valence electrons. The summed E-state index contributed by atoms with van der Waals surface area (Å²) in [6.45, 7) is 17.8. The van der Waals surface area contributed by atoms with Crippen molar-refractivity contribution in [3.05, 3.63) is 225 Å². The van der Waals surface area contributed by atoms with E-state index in [9.17, 15) is 0 Å². The van der Waals surface area contributed by atoms with Crippen molar-refractivity contribution >= 4 is 63.2 Å². The maximum atomic E-state index is 6.34. The van der Waals surface area contributed by atoms with Gasteiger partial charge in [0, 0.05) is 43.4 Å². The van der Waals surface area contributed by atoms with Crippen molar-refractivity contribution in [1.29, 1.82) is 0 Å². The van der Waals surface area contributed by atoms with Crippen LogP contribution in [0, 0.1) is 13.8 Å². The molecule has 9 aromatic rings. The fourth-order valence-electron chi connectivity index (χ4n) is 13.0. The molecule has 0 fully saturated rings. The fraction of sp³-hybridized carbons (Fsp3) is 0.404. The Labute approximate surface area is 597 Å². The van der Waals surface area contributed by atoms with Crippen LogP contribution in [-0.4, -0.2) is 38.1 Å². The minimum atomic E-state index is 0.670. The van der Waals surface area contributed by atoms with Crippen molar-refractivity contribution in [2.24, 2.45) is 0 Å². The molecular formula is C89H109N3O4S2. The lowest BCUT2D eigenvalue weighted by atomic mass is 9.97. The first-order valence-corrected chi connectivity index (χ1v) is 39.1. The highest BCUT2D eigenvalue weighted by Crippen LogP contribution is 2.50. The Morgan fingerprint density at radius 3 is 1.10 bits per heavy atom. The van der Waals surface area contributed by atoms with Gasteiger partial charge in [-0.1, -0.05) is 234 Å². The zero-order chi connectivity index (χ0) is 67.9. The van der Waals surface area contributed by atoms with E-state index in [1.807, 2.05) is 28.9 Å². The molecule has 9 heteroatoms. The number of nitrogens with zero attached hydrogens (tertiary/aromatic N) is 3.